The highest BCUT2D eigenvalue weighted by Gasteiger charge is 2.10. The summed E-state index contributed by atoms with van der Waals surface area (Å²) in [6, 6.07) is 16.1. The van der Waals surface area contributed by atoms with Crippen LogP contribution in [0.4, 0.5) is 0 Å². The molecule has 1 aliphatic rings. The summed E-state index contributed by atoms with van der Waals surface area (Å²) in [5.74, 6) is 2.45. The highest BCUT2D eigenvalue weighted by atomic mass is 16.5. The quantitative estimate of drug-likeness (QED) is 0.320. The molecular weight excluding hydrogens is 404 g/mol. The van der Waals surface area contributed by atoms with Crippen LogP contribution in [0.1, 0.15) is 11.1 Å². The summed E-state index contributed by atoms with van der Waals surface area (Å²) in [5.41, 5.74) is 2.19. The Labute approximate surface area is 191 Å². The van der Waals surface area contributed by atoms with E-state index < -0.39 is 0 Å². The van der Waals surface area contributed by atoms with Crippen molar-refractivity contribution in [3.8, 4) is 11.5 Å². The van der Waals surface area contributed by atoms with Crippen LogP contribution in [-0.2, 0) is 17.8 Å². The van der Waals surface area contributed by atoms with E-state index in [0.717, 1.165) is 61.4 Å². The molecule has 1 fully saturated rings. The highest BCUT2D eigenvalue weighted by molar-refractivity contribution is 5.79. The summed E-state index contributed by atoms with van der Waals surface area (Å²) in [4.78, 5) is 6.69. The first-order chi connectivity index (χ1) is 15.8. The van der Waals surface area contributed by atoms with Gasteiger partial charge in [0.05, 0.1) is 13.2 Å². The number of aliphatic imine (C=N–C) groups is 1. The average molecular weight is 439 g/mol. The summed E-state index contributed by atoms with van der Waals surface area (Å²) < 4.78 is 17.1. The number of nitrogens with zero attached hydrogens (tertiary/aromatic N) is 2. The maximum atomic E-state index is 5.96. The number of guanidine groups is 1. The van der Waals surface area contributed by atoms with Gasteiger partial charge in [-0.3, -0.25) is 9.89 Å². The van der Waals surface area contributed by atoms with E-state index in [4.69, 9.17) is 14.2 Å². The molecule has 1 heterocycles. The molecule has 0 amide bonds. The maximum Gasteiger partial charge on any atom is 0.191 e. The van der Waals surface area contributed by atoms with Crippen LogP contribution in [0.2, 0.25) is 0 Å². The number of morpholine rings is 1. The van der Waals surface area contributed by atoms with Crippen molar-refractivity contribution >= 4 is 5.96 Å². The number of hydrogen-bond donors (Lipinski definition) is 2. The largest absolute Gasteiger partial charge is 0.492 e. The zero-order chi connectivity index (χ0) is 22.4. The molecule has 2 aromatic rings. The van der Waals surface area contributed by atoms with E-state index in [0.29, 0.717) is 26.3 Å². The molecule has 32 heavy (non-hydrogen) atoms. The van der Waals surface area contributed by atoms with Crippen molar-refractivity contribution in [1.82, 2.24) is 15.5 Å². The first kappa shape index (κ1) is 23.6. The van der Waals surface area contributed by atoms with Gasteiger partial charge < -0.3 is 24.8 Å². The molecule has 0 unspecified atom stereocenters. The second kappa shape index (κ2) is 13.4. The third-order valence-electron chi connectivity index (χ3n) is 5.14. The van der Waals surface area contributed by atoms with Gasteiger partial charge in [-0.15, -0.1) is 0 Å². The minimum Gasteiger partial charge on any atom is -0.492 e. The monoisotopic (exact) mass is 438 g/mol. The molecule has 7 nitrogen and oxygen atoms in total. The molecule has 3 rings (SSSR count). The summed E-state index contributed by atoms with van der Waals surface area (Å²) in [6.45, 7) is 10.6. The van der Waals surface area contributed by atoms with E-state index in [1.807, 2.05) is 36.4 Å². The zero-order valence-corrected chi connectivity index (χ0v) is 18.9. The minimum absolute atomic E-state index is 0.481. The SMILES string of the molecule is C=CCOc1ccccc1CNC(=NC)NCc1cccc(OCCN2CCOCC2)c1. The fourth-order valence-electron chi connectivity index (χ4n) is 3.39. The van der Waals surface area contributed by atoms with E-state index in [1.54, 1.807) is 13.1 Å². The molecule has 0 bridgehead atoms. The summed E-state index contributed by atoms with van der Waals surface area (Å²) in [7, 11) is 1.76. The van der Waals surface area contributed by atoms with Crippen molar-refractivity contribution < 1.29 is 14.2 Å². The lowest BCUT2D eigenvalue weighted by atomic mass is 10.2. The van der Waals surface area contributed by atoms with Crippen LogP contribution < -0.4 is 20.1 Å². The van der Waals surface area contributed by atoms with Crippen LogP contribution >= 0.6 is 0 Å². The topological polar surface area (TPSA) is 67.3 Å². The Kier molecular flexibility index (Phi) is 9.89. The van der Waals surface area contributed by atoms with E-state index in [9.17, 15) is 0 Å². The van der Waals surface area contributed by atoms with Gasteiger partial charge in [-0.05, 0) is 23.8 Å². The van der Waals surface area contributed by atoms with Gasteiger partial charge in [0, 0.05) is 45.3 Å². The van der Waals surface area contributed by atoms with E-state index in [-0.39, 0.29) is 0 Å². The van der Waals surface area contributed by atoms with Crippen LogP contribution in [0.5, 0.6) is 11.5 Å². The van der Waals surface area contributed by atoms with Crippen LogP contribution in [0.15, 0.2) is 66.2 Å². The van der Waals surface area contributed by atoms with E-state index >= 15 is 0 Å². The lowest BCUT2D eigenvalue weighted by Gasteiger charge is -2.26. The normalized spacial score (nSPS) is 14.6. The lowest BCUT2D eigenvalue weighted by Crippen LogP contribution is -2.38. The Morgan fingerprint density at radius 1 is 1.09 bits per heavy atom. The van der Waals surface area contributed by atoms with Crippen LogP contribution in [0.3, 0.4) is 0 Å². The Bertz CT molecular complexity index is 866. The van der Waals surface area contributed by atoms with Crippen molar-refractivity contribution in [3.63, 3.8) is 0 Å². The van der Waals surface area contributed by atoms with Gasteiger partial charge >= 0.3 is 0 Å². The third-order valence-corrected chi connectivity index (χ3v) is 5.14. The second-order valence-corrected chi connectivity index (χ2v) is 7.44. The van der Waals surface area contributed by atoms with Crippen molar-refractivity contribution in [3.05, 3.63) is 72.3 Å². The van der Waals surface area contributed by atoms with Crippen LogP contribution in [0, 0.1) is 0 Å². The molecule has 172 valence electrons. The molecule has 0 aromatic heterocycles. The van der Waals surface area contributed by atoms with Crippen LogP contribution in [-0.4, -0.2) is 64.0 Å². The number of benzene rings is 2. The number of nitrogens with one attached hydrogen (secondary N) is 2. The van der Waals surface area contributed by atoms with Gasteiger partial charge in [0.2, 0.25) is 0 Å². The van der Waals surface area contributed by atoms with Gasteiger partial charge in [0.1, 0.15) is 24.7 Å². The fourth-order valence-corrected chi connectivity index (χ4v) is 3.39. The first-order valence-corrected chi connectivity index (χ1v) is 11.1. The Balaban J connectivity index is 1.44. The molecule has 1 saturated heterocycles. The van der Waals surface area contributed by atoms with Gasteiger partial charge in [-0.25, -0.2) is 0 Å². The third kappa shape index (κ3) is 7.90. The number of ether oxygens (including phenoxy) is 3. The number of hydrogen-bond acceptors (Lipinski definition) is 5. The summed E-state index contributed by atoms with van der Waals surface area (Å²) in [5, 5.41) is 6.70. The molecule has 2 aromatic carbocycles. The van der Waals surface area contributed by atoms with Gasteiger partial charge in [-0.2, -0.15) is 0 Å². The molecule has 0 radical (unpaired) electrons. The minimum atomic E-state index is 0.481. The summed E-state index contributed by atoms with van der Waals surface area (Å²) in [6.07, 6.45) is 1.74. The molecule has 0 saturated carbocycles. The van der Waals surface area contributed by atoms with Crippen LogP contribution in [0.25, 0.3) is 0 Å². The summed E-state index contributed by atoms with van der Waals surface area (Å²) >= 11 is 0. The van der Waals surface area contributed by atoms with Gasteiger partial charge in [0.15, 0.2) is 5.96 Å². The van der Waals surface area contributed by atoms with Crippen molar-refractivity contribution in [2.75, 3.05) is 53.1 Å². The standard InChI is InChI=1S/C25H34N4O3/c1-3-14-32-24-10-5-4-8-22(24)20-28-25(26-2)27-19-21-7-6-9-23(18-21)31-17-13-29-11-15-30-16-12-29/h3-10,18H,1,11-17,19-20H2,2H3,(H2,26,27,28). The molecule has 0 spiro atoms. The zero-order valence-electron chi connectivity index (χ0n) is 18.9. The Morgan fingerprint density at radius 3 is 2.72 bits per heavy atom. The molecular formula is C25H34N4O3. The number of rotatable bonds is 11. The number of para-hydroxylation sites is 1. The molecule has 0 aliphatic carbocycles. The lowest BCUT2D eigenvalue weighted by molar-refractivity contribution is 0.0322. The van der Waals surface area contributed by atoms with Crippen molar-refractivity contribution in [2.45, 2.75) is 13.1 Å². The Morgan fingerprint density at radius 2 is 1.91 bits per heavy atom. The van der Waals surface area contributed by atoms with Crippen molar-refractivity contribution in [1.29, 1.82) is 0 Å². The second-order valence-electron chi connectivity index (χ2n) is 7.44. The molecule has 7 heteroatoms. The molecule has 1 aliphatic heterocycles. The van der Waals surface area contributed by atoms with Gasteiger partial charge in [-0.1, -0.05) is 43.0 Å². The van der Waals surface area contributed by atoms with E-state index in [2.05, 4.69) is 39.2 Å². The molecule has 0 atom stereocenters. The predicted octanol–water partition coefficient (Wildman–Crippen LogP) is 2.83. The van der Waals surface area contributed by atoms with Gasteiger partial charge in [0.25, 0.3) is 0 Å². The van der Waals surface area contributed by atoms with Crippen molar-refractivity contribution in [2.24, 2.45) is 4.99 Å². The maximum absolute atomic E-state index is 5.96. The van der Waals surface area contributed by atoms with E-state index in [1.165, 1.54) is 0 Å². The predicted molar refractivity (Wildman–Crippen MR) is 128 cm³/mol. The molecule has 2 N–H and O–H groups in total. The first-order valence-electron chi connectivity index (χ1n) is 11.1. The highest BCUT2D eigenvalue weighted by Crippen LogP contribution is 2.17. The Hall–Kier alpha value is -3.03. The smallest absolute Gasteiger partial charge is 0.191 e. The fraction of sp³-hybridized carbons (Fsp3) is 0.400. The average Bonchev–Trinajstić information content (AvgIpc) is 2.84.